The average Bonchev–Trinajstić information content (AvgIpc) is 2.63. The minimum Gasteiger partial charge on any atom is -0.497 e. The number of fused-ring (bicyclic) bond motifs is 3. The van der Waals surface area contributed by atoms with Crippen LogP contribution in [-0.2, 0) is 6.42 Å². The van der Waals surface area contributed by atoms with Crippen LogP contribution < -0.4 is 10.1 Å². The Balaban J connectivity index is 1.77. The van der Waals surface area contributed by atoms with Gasteiger partial charge in [0.2, 0.25) is 0 Å². The van der Waals surface area contributed by atoms with Gasteiger partial charge in [0.25, 0.3) is 0 Å². The molecule has 0 aliphatic carbocycles. The molecule has 4 rings (SSSR count). The van der Waals surface area contributed by atoms with Crippen LogP contribution in [0.1, 0.15) is 22.7 Å². The van der Waals surface area contributed by atoms with Gasteiger partial charge in [0.15, 0.2) is 0 Å². The molecule has 0 aromatic heterocycles. The van der Waals surface area contributed by atoms with Crippen molar-refractivity contribution in [2.45, 2.75) is 19.4 Å². The number of anilines is 1. The Bertz CT molecular complexity index is 867. The fourth-order valence-electron chi connectivity index (χ4n) is 3.43. The molecule has 3 aromatic rings. The molecule has 24 heavy (non-hydrogen) atoms. The normalized spacial score (nSPS) is 15.2. The molecule has 1 N–H and O–H groups in total. The largest absolute Gasteiger partial charge is 0.497 e. The molecule has 0 amide bonds. The lowest BCUT2D eigenvalue weighted by Crippen LogP contribution is -2.19. The molecule has 120 valence electrons. The maximum Gasteiger partial charge on any atom is 0.119 e. The molecule has 1 heterocycles. The zero-order chi connectivity index (χ0) is 16.5. The first kappa shape index (κ1) is 14.8. The van der Waals surface area contributed by atoms with E-state index in [9.17, 15) is 0 Å². The van der Waals surface area contributed by atoms with E-state index in [1.165, 1.54) is 33.5 Å². The molecule has 2 heteroatoms. The van der Waals surface area contributed by atoms with E-state index in [0.717, 1.165) is 12.2 Å². The molecule has 0 saturated carbocycles. The SMILES string of the molecule is COc1ccc2c(c1)C(Cc1ccc(C)cc1)Nc1ccccc1-2. The van der Waals surface area contributed by atoms with Gasteiger partial charge >= 0.3 is 0 Å². The summed E-state index contributed by atoms with van der Waals surface area (Å²) in [6.07, 6.45) is 0.953. The van der Waals surface area contributed by atoms with E-state index in [1.807, 2.05) is 6.07 Å². The summed E-state index contributed by atoms with van der Waals surface area (Å²) in [7, 11) is 1.72. The fourth-order valence-corrected chi connectivity index (χ4v) is 3.43. The number of nitrogens with one attached hydrogen (secondary N) is 1. The van der Waals surface area contributed by atoms with Gasteiger partial charge in [-0.3, -0.25) is 0 Å². The first-order valence-corrected chi connectivity index (χ1v) is 8.34. The fraction of sp³-hybridized carbons (Fsp3) is 0.182. The van der Waals surface area contributed by atoms with Crippen LogP contribution in [0.3, 0.4) is 0 Å². The first-order valence-electron chi connectivity index (χ1n) is 8.34. The van der Waals surface area contributed by atoms with E-state index >= 15 is 0 Å². The van der Waals surface area contributed by atoms with Crippen molar-refractivity contribution >= 4 is 5.69 Å². The van der Waals surface area contributed by atoms with Gasteiger partial charge in [-0.25, -0.2) is 0 Å². The van der Waals surface area contributed by atoms with Crippen LogP contribution >= 0.6 is 0 Å². The maximum absolute atomic E-state index is 5.45. The number of aryl methyl sites for hydroxylation is 1. The van der Waals surface area contributed by atoms with Gasteiger partial charge in [-0.15, -0.1) is 0 Å². The zero-order valence-electron chi connectivity index (χ0n) is 14.0. The number of para-hydroxylation sites is 1. The monoisotopic (exact) mass is 315 g/mol. The Morgan fingerprint density at radius 1 is 0.917 bits per heavy atom. The summed E-state index contributed by atoms with van der Waals surface area (Å²) in [5.41, 5.74) is 7.69. The second kappa shape index (κ2) is 6.04. The van der Waals surface area contributed by atoms with Crippen molar-refractivity contribution in [3.8, 4) is 16.9 Å². The van der Waals surface area contributed by atoms with Crippen molar-refractivity contribution in [3.63, 3.8) is 0 Å². The van der Waals surface area contributed by atoms with Gasteiger partial charge in [-0.1, -0.05) is 54.1 Å². The Morgan fingerprint density at radius 3 is 2.50 bits per heavy atom. The number of methoxy groups -OCH3 is 1. The topological polar surface area (TPSA) is 21.3 Å². The standard InChI is InChI=1S/C22H21NO/c1-15-7-9-16(10-8-15)13-22-20-14-17(24-2)11-12-18(20)19-5-3-4-6-21(19)23-22/h3-12,14,22-23H,13H2,1-2H3. The smallest absolute Gasteiger partial charge is 0.119 e. The van der Waals surface area contributed by atoms with Gasteiger partial charge < -0.3 is 10.1 Å². The number of rotatable bonds is 3. The van der Waals surface area contributed by atoms with E-state index in [1.54, 1.807) is 7.11 Å². The van der Waals surface area contributed by atoms with Gasteiger partial charge in [0.05, 0.1) is 13.2 Å². The quantitative estimate of drug-likeness (QED) is 0.700. The summed E-state index contributed by atoms with van der Waals surface area (Å²) in [5, 5.41) is 3.71. The summed E-state index contributed by atoms with van der Waals surface area (Å²) in [5.74, 6) is 0.906. The van der Waals surface area contributed by atoms with Crippen molar-refractivity contribution in [1.29, 1.82) is 0 Å². The summed E-state index contributed by atoms with van der Waals surface area (Å²) >= 11 is 0. The molecule has 0 radical (unpaired) electrons. The van der Waals surface area contributed by atoms with Gasteiger partial charge in [0.1, 0.15) is 5.75 Å². The molecule has 0 fully saturated rings. The molecule has 1 atom stereocenters. The van der Waals surface area contributed by atoms with Crippen molar-refractivity contribution in [3.05, 3.63) is 83.4 Å². The van der Waals surface area contributed by atoms with Crippen LogP contribution in [-0.4, -0.2) is 7.11 Å². The third-order valence-electron chi connectivity index (χ3n) is 4.74. The van der Waals surface area contributed by atoms with Crippen LogP contribution in [0.15, 0.2) is 66.7 Å². The van der Waals surface area contributed by atoms with Crippen LogP contribution in [0.2, 0.25) is 0 Å². The Morgan fingerprint density at radius 2 is 1.71 bits per heavy atom. The molecule has 3 aromatic carbocycles. The molecule has 0 spiro atoms. The highest BCUT2D eigenvalue weighted by Crippen LogP contribution is 2.42. The van der Waals surface area contributed by atoms with E-state index in [0.29, 0.717) is 0 Å². The molecule has 1 aliphatic heterocycles. The third-order valence-corrected chi connectivity index (χ3v) is 4.74. The lowest BCUT2D eigenvalue weighted by atomic mass is 9.86. The minimum absolute atomic E-state index is 0.243. The third kappa shape index (κ3) is 2.65. The summed E-state index contributed by atoms with van der Waals surface area (Å²) in [4.78, 5) is 0. The molecule has 1 aliphatic rings. The second-order valence-corrected chi connectivity index (χ2v) is 6.39. The van der Waals surface area contributed by atoms with Crippen LogP contribution in [0.25, 0.3) is 11.1 Å². The molecule has 2 nitrogen and oxygen atoms in total. The van der Waals surface area contributed by atoms with Crippen molar-refractivity contribution in [2.75, 3.05) is 12.4 Å². The number of hydrogen-bond donors (Lipinski definition) is 1. The van der Waals surface area contributed by atoms with E-state index < -0.39 is 0 Å². The van der Waals surface area contributed by atoms with Crippen LogP contribution in [0.5, 0.6) is 5.75 Å². The lowest BCUT2D eigenvalue weighted by Gasteiger charge is -2.30. The highest BCUT2D eigenvalue weighted by molar-refractivity contribution is 5.84. The predicted molar refractivity (Wildman–Crippen MR) is 99.7 cm³/mol. The summed E-state index contributed by atoms with van der Waals surface area (Å²) in [6.45, 7) is 2.12. The Hall–Kier alpha value is -2.74. The van der Waals surface area contributed by atoms with Gasteiger partial charge in [0, 0.05) is 11.3 Å². The molecular formula is C22H21NO. The first-order chi connectivity index (χ1) is 11.7. The van der Waals surface area contributed by atoms with E-state index in [4.69, 9.17) is 4.74 Å². The Labute approximate surface area is 143 Å². The number of benzene rings is 3. The molecule has 0 saturated heterocycles. The number of ether oxygens (including phenoxy) is 1. The average molecular weight is 315 g/mol. The highest BCUT2D eigenvalue weighted by atomic mass is 16.5. The van der Waals surface area contributed by atoms with Crippen LogP contribution in [0, 0.1) is 6.92 Å². The number of hydrogen-bond acceptors (Lipinski definition) is 2. The van der Waals surface area contributed by atoms with Crippen molar-refractivity contribution < 1.29 is 4.74 Å². The second-order valence-electron chi connectivity index (χ2n) is 6.39. The Kier molecular flexibility index (Phi) is 3.73. The van der Waals surface area contributed by atoms with E-state index in [2.05, 4.69) is 72.9 Å². The minimum atomic E-state index is 0.243. The zero-order valence-corrected chi connectivity index (χ0v) is 14.0. The lowest BCUT2D eigenvalue weighted by molar-refractivity contribution is 0.414. The maximum atomic E-state index is 5.45. The summed E-state index contributed by atoms with van der Waals surface area (Å²) < 4.78 is 5.45. The molecule has 1 unspecified atom stereocenters. The van der Waals surface area contributed by atoms with Gasteiger partial charge in [-0.2, -0.15) is 0 Å². The van der Waals surface area contributed by atoms with Gasteiger partial charge in [-0.05, 0) is 48.2 Å². The van der Waals surface area contributed by atoms with Crippen LogP contribution in [0.4, 0.5) is 5.69 Å². The molecule has 0 bridgehead atoms. The molecular weight excluding hydrogens is 294 g/mol. The van der Waals surface area contributed by atoms with E-state index in [-0.39, 0.29) is 6.04 Å². The predicted octanol–water partition coefficient (Wildman–Crippen LogP) is 5.38. The van der Waals surface area contributed by atoms with Crippen molar-refractivity contribution in [1.82, 2.24) is 0 Å². The summed E-state index contributed by atoms with van der Waals surface area (Å²) in [6, 6.07) is 23.9. The highest BCUT2D eigenvalue weighted by Gasteiger charge is 2.24. The van der Waals surface area contributed by atoms with Crippen molar-refractivity contribution in [2.24, 2.45) is 0 Å².